The highest BCUT2D eigenvalue weighted by Crippen LogP contribution is 2.22. The fraction of sp³-hybridized carbons (Fsp3) is 0.238. The van der Waals surface area contributed by atoms with Crippen LogP contribution in [0.2, 0.25) is 0 Å². The topological polar surface area (TPSA) is 63.1 Å². The number of rotatable bonds is 4. The van der Waals surface area contributed by atoms with E-state index in [-0.39, 0.29) is 11.8 Å². The summed E-state index contributed by atoms with van der Waals surface area (Å²) in [7, 11) is 0. The number of piperidine rings is 1. The first-order chi connectivity index (χ1) is 12.7. The summed E-state index contributed by atoms with van der Waals surface area (Å²) in [6, 6.07) is 19.4. The summed E-state index contributed by atoms with van der Waals surface area (Å²) >= 11 is 0. The van der Waals surface area contributed by atoms with Crippen molar-refractivity contribution >= 4 is 22.7 Å². The Morgan fingerprint density at radius 2 is 1.88 bits per heavy atom. The molecule has 0 aliphatic carbocycles. The van der Waals surface area contributed by atoms with Gasteiger partial charge < -0.3 is 15.2 Å². The van der Waals surface area contributed by atoms with Crippen molar-refractivity contribution in [2.45, 2.75) is 25.4 Å². The summed E-state index contributed by atoms with van der Waals surface area (Å²) in [6.45, 7) is 1.29. The van der Waals surface area contributed by atoms with Gasteiger partial charge in [-0.25, -0.2) is 0 Å². The maximum atomic E-state index is 12.9. The number of benzene rings is 2. The summed E-state index contributed by atoms with van der Waals surface area (Å²) in [5.41, 5.74) is 2.71. The van der Waals surface area contributed by atoms with Crippen LogP contribution >= 0.6 is 0 Å². The van der Waals surface area contributed by atoms with Gasteiger partial charge in [0.2, 0.25) is 5.91 Å². The molecule has 1 unspecified atom stereocenters. The van der Waals surface area contributed by atoms with E-state index in [1.165, 1.54) is 0 Å². The number of fused-ring (bicyclic) bond motifs is 1. The molecule has 1 fully saturated rings. The van der Waals surface area contributed by atoms with Crippen molar-refractivity contribution in [1.82, 2.24) is 15.2 Å². The highest BCUT2D eigenvalue weighted by atomic mass is 16.2. The quantitative estimate of drug-likeness (QED) is 0.762. The molecular formula is C21H21N3O2. The fourth-order valence-corrected chi connectivity index (χ4v) is 3.48. The molecule has 5 nitrogen and oxygen atoms in total. The van der Waals surface area contributed by atoms with E-state index in [9.17, 15) is 9.59 Å². The molecule has 5 heteroatoms. The monoisotopic (exact) mass is 347 g/mol. The van der Waals surface area contributed by atoms with E-state index < -0.39 is 6.04 Å². The van der Waals surface area contributed by atoms with Crippen LogP contribution in [0.3, 0.4) is 0 Å². The molecule has 1 aromatic heterocycles. The smallest absolute Gasteiger partial charge is 0.268 e. The maximum Gasteiger partial charge on any atom is 0.268 e. The number of para-hydroxylation sites is 1. The molecule has 2 amide bonds. The molecule has 26 heavy (non-hydrogen) atoms. The first-order valence-electron chi connectivity index (χ1n) is 8.93. The van der Waals surface area contributed by atoms with Gasteiger partial charge in [-0.1, -0.05) is 48.5 Å². The van der Waals surface area contributed by atoms with E-state index in [1.807, 2.05) is 65.2 Å². The molecule has 0 bridgehead atoms. The van der Waals surface area contributed by atoms with Gasteiger partial charge >= 0.3 is 0 Å². The van der Waals surface area contributed by atoms with Gasteiger partial charge in [0.1, 0.15) is 11.7 Å². The zero-order valence-corrected chi connectivity index (χ0v) is 14.4. The summed E-state index contributed by atoms with van der Waals surface area (Å²) in [6.07, 6.45) is 1.56. The molecule has 1 aliphatic heterocycles. The number of carbonyl (C=O) groups excluding carboxylic acids is 2. The van der Waals surface area contributed by atoms with Crippen molar-refractivity contribution in [2.75, 3.05) is 6.54 Å². The van der Waals surface area contributed by atoms with Crippen LogP contribution in [0, 0.1) is 0 Å². The minimum atomic E-state index is -0.459. The van der Waals surface area contributed by atoms with Crippen molar-refractivity contribution in [2.24, 2.45) is 0 Å². The van der Waals surface area contributed by atoms with Gasteiger partial charge in [0.15, 0.2) is 0 Å². The molecule has 2 N–H and O–H groups in total. The van der Waals surface area contributed by atoms with E-state index in [4.69, 9.17) is 0 Å². The van der Waals surface area contributed by atoms with E-state index in [2.05, 4.69) is 10.6 Å². The highest BCUT2D eigenvalue weighted by Gasteiger charge is 2.25. The third-order valence-electron chi connectivity index (χ3n) is 4.82. The zero-order valence-electron chi connectivity index (χ0n) is 14.4. The predicted molar refractivity (Wildman–Crippen MR) is 101 cm³/mol. The summed E-state index contributed by atoms with van der Waals surface area (Å²) in [4.78, 5) is 24.9. The van der Waals surface area contributed by atoms with Gasteiger partial charge in [-0.15, -0.1) is 0 Å². The summed E-state index contributed by atoms with van der Waals surface area (Å²) in [5, 5.41) is 6.73. The number of aromatic nitrogens is 1. The Balaban J connectivity index is 1.68. The van der Waals surface area contributed by atoms with Crippen molar-refractivity contribution in [1.29, 1.82) is 0 Å². The Labute approximate surface area is 152 Å². The first-order valence-corrected chi connectivity index (χ1v) is 8.93. The van der Waals surface area contributed by atoms with Gasteiger partial charge in [0, 0.05) is 24.0 Å². The van der Waals surface area contributed by atoms with Gasteiger partial charge in [0.05, 0.1) is 0 Å². The van der Waals surface area contributed by atoms with Crippen LogP contribution in [-0.4, -0.2) is 29.0 Å². The van der Waals surface area contributed by atoms with Crippen molar-refractivity contribution in [3.8, 4) is 0 Å². The second kappa shape index (κ2) is 7.04. The molecule has 2 aromatic carbocycles. The Bertz CT molecular complexity index is 946. The Kier molecular flexibility index (Phi) is 4.44. The Morgan fingerprint density at radius 3 is 2.69 bits per heavy atom. The minimum Gasteiger partial charge on any atom is -0.354 e. The first kappa shape index (κ1) is 16.4. The standard InChI is InChI=1S/C21H21N3O2/c25-20-17(10-6-12-22-20)23-21(26)19-13-16-9-4-5-11-18(16)24(19)14-15-7-2-1-3-8-15/h1-5,7-9,11,13,17H,6,10,12,14H2,(H,22,25)(H,23,26). The average Bonchev–Trinajstić information content (AvgIpc) is 3.03. The highest BCUT2D eigenvalue weighted by molar-refractivity contribution is 6.01. The van der Waals surface area contributed by atoms with E-state index in [0.717, 1.165) is 22.9 Å². The summed E-state index contributed by atoms with van der Waals surface area (Å²) < 4.78 is 2.01. The molecule has 4 rings (SSSR count). The normalized spacial score (nSPS) is 17.1. The maximum absolute atomic E-state index is 12.9. The van der Waals surface area contributed by atoms with Crippen LogP contribution in [0.4, 0.5) is 0 Å². The molecule has 0 saturated carbocycles. The molecule has 1 aliphatic rings. The Hall–Kier alpha value is -3.08. The molecule has 2 heterocycles. The third kappa shape index (κ3) is 3.20. The number of nitrogens with one attached hydrogen (secondary N) is 2. The minimum absolute atomic E-state index is 0.102. The molecule has 0 spiro atoms. The third-order valence-corrected chi connectivity index (χ3v) is 4.82. The molecule has 1 atom stereocenters. The lowest BCUT2D eigenvalue weighted by molar-refractivity contribution is -0.124. The number of amides is 2. The van der Waals surface area contributed by atoms with Crippen LogP contribution < -0.4 is 10.6 Å². The number of carbonyl (C=O) groups is 2. The average molecular weight is 347 g/mol. The summed E-state index contributed by atoms with van der Waals surface area (Å²) in [5.74, 6) is -0.311. The number of hydrogen-bond donors (Lipinski definition) is 2. The second-order valence-electron chi connectivity index (χ2n) is 6.62. The van der Waals surface area contributed by atoms with E-state index in [0.29, 0.717) is 25.2 Å². The van der Waals surface area contributed by atoms with Gasteiger partial charge in [-0.05, 0) is 30.5 Å². The lowest BCUT2D eigenvalue weighted by Gasteiger charge is -2.23. The van der Waals surface area contributed by atoms with Crippen molar-refractivity contribution in [3.63, 3.8) is 0 Å². The SMILES string of the molecule is O=C(NC1CCCNC1=O)c1cc2ccccc2n1Cc1ccccc1. The van der Waals surface area contributed by atoms with Crippen LogP contribution in [0.25, 0.3) is 10.9 Å². The molecular weight excluding hydrogens is 326 g/mol. The molecule has 132 valence electrons. The molecule has 0 radical (unpaired) electrons. The van der Waals surface area contributed by atoms with Crippen LogP contribution in [0.1, 0.15) is 28.9 Å². The fourth-order valence-electron chi connectivity index (χ4n) is 3.48. The zero-order chi connectivity index (χ0) is 17.9. The lowest BCUT2D eigenvalue weighted by Crippen LogP contribution is -2.50. The largest absolute Gasteiger partial charge is 0.354 e. The molecule has 1 saturated heterocycles. The number of nitrogens with zero attached hydrogens (tertiary/aromatic N) is 1. The lowest BCUT2D eigenvalue weighted by atomic mass is 10.1. The Morgan fingerprint density at radius 1 is 1.12 bits per heavy atom. The van der Waals surface area contributed by atoms with E-state index in [1.54, 1.807) is 0 Å². The predicted octanol–water partition coefficient (Wildman–Crippen LogP) is 2.70. The van der Waals surface area contributed by atoms with E-state index >= 15 is 0 Å². The van der Waals surface area contributed by atoms with Gasteiger partial charge in [-0.3, -0.25) is 9.59 Å². The number of hydrogen-bond acceptors (Lipinski definition) is 2. The van der Waals surface area contributed by atoms with Gasteiger partial charge in [0.25, 0.3) is 5.91 Å². The van der Waals surface area contributed by atoms with Crippen LogP contribution in [0.5, 0.6) is 0 Å². The van der Waals surface area contributed by atoms with Crippen LogP contribution in [-0.2, 0) is 11.3 Å². The van der Waals surface area contributed by atoms with Crippen molar-refractivity contribution in [3.05, 3.63) is 71.9 Å². The van der Waals surface area contributed by atoms with Gasteiger partial charge in [-0.2, -0.15) is 0 Å². The van der Waals surface area contributed by atoms with Crippen molar-refractivity contribution < 1.29 is 9.59 Å². The molecule has 3 aromatic rings. The van der Waals surface area contributed by atoms with Crippen LogP contribution in [0.15, 0.2) is 60.7 Å². The second-order valence-corrected chi connectivity index (χ2v) is 6.62.